The highest BCUT2D eigenvalue weighted by molar-refractivity contribution is 5.43. The Kier molecular flexibility index (Phi) is 3.28. The van der Waals surface area contributed by atoms with Gasteiger partial charge in [0.1, 0.15) is 6.33 Å². The van der Waals surface area contributed by atoms with Gasteiger partial charge in [-0.3, -0.25) is 0 Å². The first-order valence-corrected chi connectivity index (χ1v) is 7.82. The molecule has 1 saturated heterocycles. The molecule has 1 aliphatic carbocycles. The molecule has 0 N–H and O–H groups in total. The van der Waals surface area contributed by atoms with E-state index >= 15 is 4.39 Å². The maximum atomic E-state index is 15.2. The van der Waals surface area contributed by atoms with Crippen molar-refractivity contribution in [2.45, 2.75) is 44.2 Å². The lowest BCUT2D eigenvalue weighted by Crippen LogP contribution is -2.29. The third kappa shape index (κ3) is 2.36. The van der Waals surface area contributed by atoms with Crippen molar-refractivity contribution in [1.82, 2.24) is 20.1 Å². The molecule has 1 saturated carbocycles. The monoisotopic (exact) mass is 321 g/mol. The van der Waals surface area contributed by atoms with Crippen molar-refractivity contribution >= 4 is 5.82 Å². The smallest absolute Gasteiger partial charge is 0.266 e. The summed E-state index contributed by atoms with van der Waals surface area (Å²) in [5.41, 5.74) is -1.52. The van der Waals surface area contributed by atoms with Gasteiger partial charge < -0.3 is 9.42 Å². The Balaban J connectivity index is 1.56. The molecule has 2 aliphatic rings. The van der Waals surface area contributed by atoms with E-state index in [2.05, 4.69) is 20.1 Å². The topological polar surface area (TPSA) is 67.9 Å². The van der Waals surface area contributed by atoms with Gasteiger partial charge in [0, 0.05) is 18.9 Å². The van der Waals surface area contributed by atoms with E-state index in [4.69, 9.17) is 4.52 Å². The molecule has 1 unspecified atom stereocenters. The summed E-state index contributed by atoms with van der Waals surface area (Å²) >= 11 is 0. The minimum Gasteiger partial charge on any atom is -0.350 e. The average Bonchev–Trinajstić information content (AvgIpc) is 3.09. The number of hydrogen-bond acceptors (Lipinski definition) is 6. The second-order valence-corrected chi connectivity index (χ2v) is 6.32. The molecule has 2 fully saturated rings. The molecule has 6 nitrogen and oxygen atoms in total. The van der Waals surface area contributed by atoms with Crippen LogP contribution in [-0.4, -0.2) is 33.2 Å². The first-order valence-electron chi connectivity index (χ1n) is 7.82. The van der Waals surface area contributed by atoms with Gasteiger partial charge in [0.25, 0.3) is 5.89 Å². The summed E-state index contributed by atoms with van der Waals surface area (Å²) in [6.45, 7) is 1.85. The average molecular weight is 321 g/mol. The highest BCUT2D eigenvalue weighted by Crippen LogP contribution is 2.40. The lowest BCUT2D eigenvalue weighted by molar-refractivity contribution is 0.135. The lowest BCUT2D eigenvalue weighted by Gasteiger charge is -2.21. The Morgan fingerprint density at radius 1 is 1.35 bits per heavy atom. The number of alkyl halides is 1. The van der Waals surface area contributed by atoms with Crippen LogP contribution in [0.3, 0.4) is 0 Å². The van der Waals surface area contributed by atoms with Gasteiger partial charge in [-0.15, -0.1) is 0 Å². The zero-order valence-corrected chi connectivity index (χ0v) is 12.8. The lowest BCUT2D eigenvalue weighted by atomic mass is 9.85. The van der Waals surface area contributed by atoms with E-state index in [1.165, 1.54) is 6.33 Å². The number of aryl methyl sites for hydroxylation is 1. The van der Waals surface area contributed by atoms with E-state index in [0.717, 1.165) is 19.3 Å². The quantitative estimate of drug-likeness (QED) is 0.866. The number of rotatable bonds is 3. The van der Waals surface area contributed by atoms with Gasteiger partial charge in [-0.25, -0.2) is 18.7 Å². The molecule has 8 heteroatoms. The fourth-order valence-electron chi connectivity index (χ4n) is 3.04. The number of halogens is 2. The van der Waals surface area contributed by atoms with Crippen LogP contribution in [0.15, 0.2) is 10.9 Å². The zero-order chi connectivity index (χ0) is 16.0. The SMILES string of the molecule is Cc1ncnc(N2CCC(F)(c3nc(C4CCC4)no3)C2)c1F. The maximum absolute atomic E-state index is 15.2. The Labute approximate surface area is 131 Å². The molecule has 2 aromatic rings. The summed E-state index contributed by atoms with van der Waals surface area (Å²) < 4.78 is 34.5. The van der Waals surface area contributed by atoms with E-state index in [1.807, 2.05) is 0 Å². The molecule has 0 bridgehead atoms. The minimum absolute atomic E-state index is 0.00640. The maximum Gasteiger partial charge on any atom is 0.266 e. The number of aromatic nitrogens is 4. The van der Waals surface area contributed by atoms with E-state index in [-0.39, 0.29) is 36.3 Å². The molecule has 122 valence electrons. The van der Waals surface area contributed by atoms with E-state index in [1.54, 1.807) is 11.8 Å². The summed E-state index contributed by atoms with van der Waals surface area (Å²) in [6.07, 6.45) is 4.65. The van der Waals surface area contributed by atoms with Crippen LogP contribution in [0.4, 0.5) is 14.6 Å². The van der Waals surface area contributed by atoms with Crippen LogP contribution in [0.5, 0.6) is 0 Å². The second kappa shape index (κ2) is 5.21. The van der Waals surface area contributed by atoms with Crippen molar-refractivity contribution in [3.8, 4) is 0 Å². The number of hydrogen-bond donors (Lipinski definition) is 0. The highest BCUT2D eigenvalue weighted by Gasteiger charge is 2.46. The van der Waals surface area contributed by atoms with E-state index in [0.29, 0.717) is 12.4 Å². The summed E-state index contributed by atoms with van der Waals surface area (Å²) in [6, 6.07) is 0. The standard InChI is InChI=1S/C15H17F2N5O/c1-9-11(16)13(19-8-18-9)22-6-5-15(17,7-22)14-20-12(21-23-14)10-3-2-4-10/h8,10H,2-7H2,1H3. The van der Waals surface area contributed by atoms with Crippen molar-refractivity contribution < 1.29 is 13.3 Å². The second-order valence-electron chi connectivity index (χ2n) is 6.32. The largest absolute Gasteiger partial charge is 0.350 e. The van der Waals surface area contributed by atoms with Crippen LogP contribution in [0.1, 0.15) is 49.0 Å². The summed E-state index contributed by atoms with van der Waals surface area (Å²) in [4.78, 5) is 13.6. The Bertz CT molecular complexity index is 732. The Morgan fingerprint density at radius 2 is 2.17 bits per heavy atom. The van der Waals surface area contributed by atoms with Crippen LogP contribution in [0.2, 0.25) is 0 Å². The van der Waals surface area contributed by atoms with Crippen molar-refractivity contribution in [2.75, 3.05) is 18.0 Å². The summed E-state index contributed by atoms with van der Waals surface area (Å²) in [5, 5.41) is 3.91. The van der Waals surface area contributed by atoms with Crippen LogP contribution in [-0.2, 0) is 5.67 Å². The molecule has 0 spiro atoms. The molecule has 0 aromatic carbocycles. The Morgan fingerprint density at radius 3 is 2.91 bits per heavy atom. The Hall–Kier alpha value is -2.12. The first kappa shape index (κ1) is 14.5. The summed E-state index contributed by atoms with van der Waals surface area (Å²) in [5.74, 6) is 0.475. The predicted molar refractivity (Wildman–Crippen MR) is 77.2 cm³/mol. The molecule has 4 rings (SSSR count). The van der Waals surface area contributed by atoms with Gasteiger partial charge in [-0.1, -0.05) is 11.6 Å². The highest BCUT2D eigenvalue weighted by atomic mass is 19.1. The normalized spacial score (nSPS) is 24.9. The third-order valence-electron chi connectivity index (χ3n) is 4.76. The third-order valence-corrected chi connectivity index (χ3v) is 4.76. The van der Waals surface area contributed by atoms with Crippen molar-refractivity contribution in [3.63, 3.8) is 0 Å². The van der Waals surface area contributed by atoms with Gasteiger partial charge in [0.05, 0.1) is 12.2 Å². The molecule has 0 amide bonds. The first-order chi connectivity index (χ1) is 11.1. The van der Waals surface area contributed by atoms with Crippen LogP contribution in [0.25, 0.3) is 0 Å². The fourth-order valence-corrected chi connectivity index (χ4v) is 3.04. The van der Waals surface area contributed by atoms with Gasteiger partial charge in [-0.05, 0) is 19.8 Å². The zero-order valence-electron chi connectivity index (χ0n) is 12.8. The molecule has 23 heavy (non-hydrogen) atoms. The molecular formula is C15H17F2N5O. The number of nitrogens with zero attached hydrogens (tertiary/aromatic N) is 5. The molecule has 1 atom stereocenters. The van der Waals surface area contributed by atoms with Gasteiger partial charge in [-0.2, -0.15) is 4.98 Å². The van der Waals surface area contributed by atoms with E-state index in [9.17, 15) is 4.39 Å². The fraction of sp³-hybridized carbons (Fsp3) is 0.600. The molecule has 1 aliphatic heterocycles. The van der Waals surface area contributed by atoms with Crippen molar-refractivity contribution in [2.24, 2.45) is 0 Å². The van der Waals surface area contributed by atoms with E-state index < -0.39 is 11.5 Å². The minimum atomic E-state index is -1.76. The molecule has 2 aromatic heterocycles. The van der Waals surface area contributed by atoms with Gasteiger partial charge in [0.15, 0.2) is 17.5 Å². The molecular weight excluding hydrogens is 304 g/mol. The van der Waals surface area contributed by atoms with Gasteiger partial charge >= 0.3 is 0 Å². The van der Waals surface area contributed by atoms with Crippen LogP contribution < -0.4 is 4.90 Å². The number of anilines is 1. The van der Waals surface area contributed by atoms with Crippen LogP contribution >= 0.6 is 0 Å². The molecule has 0 radical (unpaired) electrons. The van der Waals surface area contributed by atoms with Crippen molar-refractivity contribution in [1.29, 1.82) is 0 Å². The molecule has 3 heterocycles. The van der Waals surface area contributed by atoms with Gasteiger partial charge in [0.2, 0.25) is 5.67 Å². The van der Waals surface area contributed by atoms with Crippen molar-refractivity contribution in [3.05, 3.63) is 29.6 Å². The summed E-state index contributed by atoms with van der Waals surface area (Å²) in [7, 11) is 0. The van der Waals surface area contributed by atoms with Crippen LogP contribution in [0, 0.1) is 12.7 Å². The predicted octanol–water partition coefficient (Wildman–Crippen LogP) is 2.65.